The number of hydrogen-bond acceptors (Lipinski definition) is 4. The van der Waals surface area contributed by atoms with Crippen molar-refractivity contribution in [1.29, 1.82) is 0 Å². The van der Waals surface area contributed by atoms with Crippen LogP contribution in [0.1, 0.15) is 19.4 Å². The lowest BCUT2D eigenvalue weighted by Crippen LogP contribution is -2.02. The second-order valence-electron chi connectivity index (χ2n) is 5.39. The average molecular weight is 357 g/mol. The molecule has 0 N–H and O–H groups in total. The highest BCUT2D eigenvalue weighted by atomic mass is 32.2. The molecule has 0 fully saturated rings. The van der Waals surface area contributed by atoms with E-state index in [0.29, 0.717) is 12.4 Å². The van der Waals surface area contributed by atoms with Gasteiger partial charge in [0.1, 0.15) is 11.6 Å². The molecule has 3 aromatic rings. The maximum atomic E-state index is 13.0. The summed E-state index contributed by atoms with van der Waals surface area (Å²) in [6.07, 6.45) is 0. The summed E-state index contributed by atoms with van der Waals surface area (Å²) in [5, 5.41) is 9.56. The Morgan fingerprint density at radius 2 is 1.80 bits per heavy atom. The highest BCUT2D eigenvalue weighted by molar-refractivity contribution is 7.98. The van der Waals surface area contributed by atoms with Crippen molar-refractivity contribution in [3.63, 3.8) is 0 Å². The smallest absolute Gasteiger partial charge is 0.191 e. The van der Waals surface area contributed by atoms with Crippen molar-refractivity contribution in [1.82, 2.24) is 14.8 Å². The fourth-order valence-electron chi connectivity index (χ4n) is 2.54. The van der Waals surface area contributed by atoms with Gasteiger partial charge in [0, 0.05) is 12.3 Å². The molecule has 4 nitrogen and oxygen atoms in total. The number of para-hydroxylation sites is 1. The molecule has 0 aliphatic heterocycles. The molecule has 130 valence electrons. The second-order valence-corrected chi connectivity index (χ2v) is 6.34. The van der Waals surface area contributed by atoms with E-state index < -0.39 is 0 Å². The number of hydrogen-bond donors (Lipinski definition) is 0. The quantitative estimate of drug-likeness (QED) is 0.570. The minimum atomic E-state index is -0.222. The van der Waals surface area contributed by atoms with Crippen molar-refractivity contribution < 1.29 is 9.13 Å². The van der Waals surface area contributed by atoms with Crippen LogP contribution >= 0.6 is 11.8 Å². The van der Waals surface area contributed by atoms with E-state index in [2.05, 4.69) is 21.7 Å². The third-order valence-corrected chi connectivity index (χ3v) is 4.78. The van der Waals surface area contributed by atoms with Gasteiger partial charge in [-0.05, 0) is 43.7 Å². The van der Waals surface area contributed by atoms with Crippen LogP contribution in [0.3, 0.4) is 0 Å². The summed E-state index contributed by atoms with van der Waals surface area (Å²) in [4.78, 5) is 0. The standard InChI is InChI=1S/C19H20FN3OS/c1-3-23-18(16-7-5-6-8-17(16)24-4-2)21-22-19(23)25-13-14-9-11-15(20)12-10-14/h5-12H,3-4,13H2,1-2H3. The van der Waals surface area contributed by atoms with Gasteiger partial charge in [-0.2, -0.15) is 0 Å². The summed E-state index contributed by atoms with van der Waals surface area (Å²) in [5.74, 6) is 2.10. The Bertz CT molecular complexity index is 833. The number of aromatic nitrogens is 3. The van der Waals surface area contributed by atoms with Crippen LogP contribution in [0, 0.1) is 5.82 Å². The highest BCUT2D eigenvalue weighted by Crippen LogP contribution is 2.31. The molecule has 0 radical (unpaired) electrons. The summed E-state index contributed by atoms with van der Waals surface area (Å²) in [6.45, 7) is 5.39. The van der Waals surface area contributed by atoms with E-state index in [1.54, 1.807) is 23.9 Å². The minimum Gasteiger partial charge on any atom is -0.493 e. The average Bonchev–Trinajstić information content (AvgIpc) is 3.05. The molecular formula is C19H20FN3OS. The van der Waals surface area contributed by atoms with E-state index in [4.69, 9.17) is 4.74 Å². The molecule has 0 aliphatic carbocycles. The predicted molar refractivity (Wildman–Crippen MR) is 98.3 cm³/mol. The Morgan fingerprint density at radius 1 is 1.04 bits per heavy atom. The Balaban J connectivity index is 1.85. The van der Waals surface area contributed by atoms with Gasteiger partial charge in [0.2, 0.25) is 0 Å². The van der Waals surface area contributed by atoms with E-state index in [0.717, 1.165) is 34.4 Å². The lowest BCUT2D eigenvalue weighted by atomic mass is 10.2. The van der Waals surface area contributed by atoms with Crippen molar-refractivity contribution in [2.75, 3.05) is 6.61 Å². The maximum absolute atomic E-state index is 13.0. The van der Waals surface area contributed by atoms with Crippen LogP contribution < -0.4 is 4.74 Å². The van der Waals surface area contributed by atoms with Crippen LogP contribution in [0.4, 0.5) is 4.39 Å². The molecule has 3 rings (SSSR count). The Hall–Kier alpha value is -2.34. The lowest BCUT2D eigenvalue weighted by molar-refractivity contribution is 0.341. The Morgan fingerprint density at radius 3 is 2.52 bits per heavy atom. The summed E-state index contributed by atoms with van der Waals surface area (Å²) >= 11 is 1.59. The van der Waals surface area contributed by atoms with Gasteiger partial charge in [0.25, 0.3) is 0 Å². The number of ether oxygens (including phenoxy) is 1. The first-order chi connectivity index (χ1) is 12.2. The largest absolute Gasteiger partial charge is 0.493 e. The van der Waals surface area contributed by atoms with Gasteiger partial charge in [-0.25, -0.2) is 4.39 Å². The third-order valence-electron chi connectivity index (χ3n) is 3.74. The fraction of sp³-hybridized carbons (Fsp3) is 0.263. The van der Waals surface area contributed by atoms with Crippen LogP contribution in [-0.4, -0.2) is 21.4 Å². The van der Waals surface area contributed by atoms with Gasteiger partial charge in [-0.3, -0.25) is 0 Å². The molecule has 0 spiro atoms. The van der Waals surface area contributed by atoms with Gasteiger partial charge < -0.3 is 9.30 Å². The topological polar surface area (TPSA) is 39.9 Å². The molecule has 6 heteroatoms. The molecule has 0 unspecified atom stereocenters. The van der Waals surface area contributed by atoms with Crippen molar-refractivity contribution in [2.24, 2.45) is 0 Å². The molecule has 0 saturated carbocycles. The summed E-state index contributed by atoms with van der Waals surface area (Å²) in [7, 11) is 0. The number of halogens is 1. The van der Waals surface area contributed by atoms with Gasteiger partial charge in [0.05, 0.1) is 12.2 Å². The zero-order chi connectivity index (χ0) is 17.6. The molecule has 1 aromatic heterocycles. The zero-order valence-electron chi connectivity index (χ0n) is 14.3. The van der Waals surface area contributed by atoms with E-state index in [-0.39, 0.29) is 5.82 Å². The number of thioether (sulfide) groups is 1. The van der Waals surface area contributed by atoms with Gasteiger partial charge in [-0.15, -0.1) is 10.2 Å². The predicted octanol–water partition coefficient (Wildman–Crippen LogP) is 4.80. The van der Waals surface area contributed by atoms with Crippen molar-refractivity contribution in [3.8, 4) is 17.1 Å². The van der Waals surface area contributed by atoms with Gasteiger partial charge in [0.15, 0.2) is 11.0 Å². The van der Waals surface area contributed by atoms with Gasteiger partial charge in [-0.1, -0.05) is 36.0 Å². The van der Waals surface area contributed by atoms with Crippen molar-refractivity contribution >= 4 is 11.8 Å². The van der Waals surface area contributed by atoms with Crippen molar-refractivity contribution in [2.45, 2.75) is 31.3 Å². The Labute approximate surface area is 151 Å². The highest BCUT2D eigenvalue weighted by Gasteiger charge is 2.16. The van der Waals surface area contributed by atoms with Crippen LogP contribution in [0.25, 0.3) is 11.4 Å². The lowest BCUT2D eigenvalue weighted by Gasteiger charge is -2.11. The first kappa shape index (κ1) is 17.5. The maximum Gasteiger partial charge on any atom is 0.191 e. The first-order valence-electron chi connectivity index (χ1n) is 8.25. The van der Waals surface area contributed by atoms with E-state index >= 15 is 0 Å². The first-order valence-corrected chi connectivity index (χ1v) is 9.24. The fourth-order valence-corrected chi connectivity index (χ4v) is 3.50. The molecule has 0 atom stereocenters. The minimum absolute atomic E-state index is 0.222. The number of rotatable bonds is 7. The summed E-state index contributed by atoms with van der Waals surface area (Å²) in [6, 6.07) is 14.4. The van der Waals surface area contributed by atoms with Crippen LogP contribution in [-0.2, 0) is 12.3 Å². The molecule has 0 amide bonds. The summed E-state index contributed by atoms with van der Waals surface area (Å²) < 4.78 is 20.8. The van der Waals surface area contributed by atoms with Crippen LogP contribution in [0.15, 0.2) is 53.7 Å². The van der Waals surface area contributed by atoms with Crippen LogP contribution in [0.5, 0.6) is 5.75 Å². The van der Waals surface area contributed by atoms with Crippen LogP contribution in [0.2, 0.25) is 0 Å². The monoisotopic (exact) mass is 357 g/mol. The van der Waals surface area contributed by atoms with E-state index in [1.807, 2.05) is 31.2 Å². The Kier molecular flexibility index (Phi) is 5.71. The number of nitrogens with zero attached hydrogens (tertiary/aromatic N) is 3. The molecule has 25 heavy (non-hydrogen) atoms. The molecule has 0 saturated heterocycles. The molecular weight excluding hydrogens is 337 g/mol. The molecule has 2 aromatic carbocycles. The summed E-state index contributed by atoms with van der Waals surface area (Å²) in [5.41, 5.74) is 1.99. The third kappa shape index (κ3) is 4.02. The molecule has 0 bridgehead atoms. The van der Waals surface area contributed by atoms with Crippen molar-refractivity contribution in [3.05, 3.63) is 59.9 Å². The SMILES string of the molecule is CCOc1ccccc1-c1nnc(SCc2ccc(F)cc2)n1CC. The van der Waals surface area contributed by atoms with E-state index in [1.165, 1.54) is 12.1 Å². The van der Waals surface area contributed by atoms with E-state index in [9.17, 15) is 4.39 Å². The normalized spacial score (nSPS) is 10.8. The molecule has 0 aliphatic rings. The number of benzene rings is 2. The zero-order valence-corrected chi connectivity index (χ0v) is 15.1. The van der Waals surface area contributed by atoms with Gasteiger partial charge >= 0.3 is 0 Å². The molecule has 1 heterocycles. The second kappa shape index (κ2) is 8.16.